The highest BCUT2D eigenvalue weighted by atomic mass is 16.5. The fourth-order valence-corrected chi connectivity index (χ4v) is 2.86. The smallest absolute Gasteiger partial charge is 0.270 e. The molecule has 0 unspecified atom stereocenters. The van der Waals surface area contributed by atoms with Gasteiger partial charge >= 0.3 is 0 Å². The fraction of sp³-hybridized carbons (Fsp3) is 0.174. The number of aryl methyl sites for hydroxylation is 2. The standard InChI is InChI=1S/C23H22N4O3/c1-15-7-8-16(2)27(15)26-23(29)19-9-11-21(12-10-19)30-17(3)22(28)25-20-6-4-5-18(13-20)14-24/h4-13,17H,1-3H3,(H,25,28)(H,26,29)/t17-/m1/s1. The first-order valence-electron chi connectivity index (χ1n) is 9.41. The van der Waals surface area contributed by atoms with Crippen LogP contribution in [-0.4, -0.2) is 22.6 Å². The van der Waals surface area contributed by atoms with E-state index in [-0.39, 0.29) is 11.8 Å². The maximum Gasteiger partial charge on any atom is 0.270 e. The third-order valence-electron chi connectivity index (χ3n) is 4.54. The zero-order valence-electron chi connectivity index (χ0n) is 17.0. The summed E-state index contributed by atoms with van der Waals surface area (Å²) in [6, 6.07) is 19.1. The molecule has 0 aliphatic carbocycles. The van der Waals surface area contributed by atoms with Crippen molar-refractivity contribution in [1.29, 1.82) is 5.26 Å². The van der Waals surface area contributed by atoms with Crippen molar-refractivity contribution in [2.24, 2.45) is 0 Å². The average molecular weight is 402 g/mol. The summed E-state index contributed by atoms with van der Waals surface area (Å²) in [6.45, 7) is 5.45. The zero-order chi connectivity index (χ0) is 21.7. The van der Waals surface area contributed by atoms with Crippen molar-refractivity contribution >= 4 is 17.5 Å². The lowest BCUT2D eigenvalue weighted by Crippen LogP contribution is -2.30. The SMILES string of the molecule is Cc1ccc(C)n1NC(=O)c1ccc(O[C@H](C)C(=O)Nc2cccc(C#N)c2)cc1. The van der Waals surface area contributed by atoms with E-state index in [1.807, 2.05) is 32.0 Å². The lowest BCUT2D eigenvalue weighted by Gasteiger charge is -2.15. The van der Waals surface area contributed by atoms with E-state index < -0.39 is 6.10 Å². The van der Waals surface area contributed by atoms with Gasteiger partial charge in [0.25, 0.3) is 11.8 Å². The number of benzene rings is 2. The van der Waals surface area contributed by atoms with Crippen LogP contribution >= 0.6 is 0 Å². The van der Waals surface area contributed by atoms with Crippen LogP contribution in [0.15, 0.2) is 60.7 Å². The molecule has 152 valence electrons. The van der Waals surface area contributed by atoms with Gasteiger partial charge in [0, 0.05) is 22.6 Å². The summed E-state index contributed by atoms with van der Waals surface area (Å²) in [5.41, 5.74) is 6.16. The van der Waals surface area contributed by atoms with E-state index in [1.54, 1.807) is 60.1 Å². The first-order chi connectivity index (χ1) is 14.4. The van der Waals surface area contributed by atoms with Crippen LogP contribution in [0.5, 0.6) is 5.75 Å². The Kier molecular flexibility index (Phi) is 6.18. The minimum atomic E-state index is -0.763. The third kappa shape index (κ3) is 4.86. The van der Waals surface area contributed by atoms with Gasteiger partial charge in [0.15, 0.2) is 6.10 Å². The number of hydrogen-bond donors (Lipinski definition) is 2. The summed E-state index contributed by atoms with van der Waals surface area (Å²) in [4.78, 5) is 24.8. The quantitative estimate of drug-likeness (QED) is 0.656. The van der Waals surface area contributed by atoms with Crippen LogP contribution in [0.1, 0.15) is 34.2 Å². The average Bonchev–Trinajstić information content (AvgIpc) is 3.06. The molecule has 0 aliphatic heterocycles. The number of hydrogen-bond acceptors (Lipinski definition) is 4. The molecule has 2 N–H and O–H groups in total. The largest absolute Gasteiger partial charge is 0.481 e. The molecule has 2 amide bonds. The second-order valence-electron chi connectivity index (χ2n) is 6.86. The Labute approximate surface area is 174 Å². The second kappa shape index (κ2) is 8.97. The monoisotopic (exact) mass is 402 g/mol. The molecule has 30 heavy (non-hydrogen) atoms. The van der Waals surface area contributed by atoms with Gasteiger partial charge in [0.05, 0.1) is 11.6 Å². The summed E-state index contributed by atoms with van der Waals surface area (Å²) in [5.74, 6) is -0.120. The Bertz CT molecular complexity index is 1090. The van der Waals surface area contributed by atoms with Crippen LogP contribution in [0, 0.1) is 25.2 Å². The molecule has 1 heterocycles. The summed E-state index contributed by atoms with van der Waals surface area (Å²) in [5, 5.41) is 11.7. The summed E-state index contributed by atoms with van der Waals surface area (Å²) >= 11 is 0. The fourth-order valence-electron chi connectivity index (χ4n) is 2.86. The van der Waals surface area contributed by atoms with Gasteiger partial charge in [-0.15, -0.1) is 0 Å². The van der Waals surface area contributed by atoms with Crippen LogP contribution in [0.2, 0.25) is 0 Å². The van der Waals surface area contributed by atoms with Crippen LogP contribution in [0.4, 0.5) is 5.69 Å². The number of ether oxygens (including phenoxy) is 1. The molecule has 1 atom stereocenters. The van der Waals surface area contributed by atoms with Crippen molar-refractivity contribution < 1.29 is 14.3 Å². The lowest BCUT2D eigenvalue weighted by atomic mass is 10.2. The predicted octanol–water partition coefficient (Wildman–Crippen LogP) is 3.77. The number of aromatic nitrogens is 1. The number of amides is 2. The highest BCUT2D eigenvalue weighted by Gasteiger charge is 2.16. The Hall–Kier alpha value is -4.05. The van der Waals surface area contributed by atoms with Gasteiger partial charge in [0.2, 0.25) is 0 Å². The summed E-state index contributed by atoms with van der Waals surface area (Å²) in [6.07, 6.45) is -0.763. The van der Waals surface area contributed by atoms with Gasteiger partial charge in [0.1, 0.15) is 5.75 Å². The van der Waals surface area contributed by atoms with E-state index in [2.05, 4.69) is 10.7 Å². The number of carbonyl (C=O) groups is 2. The molecule has 7 nitrogen and oxygen atoms in total. The number of rotatable bonds is 6. The first-order valence-corrected chi connectivity index (χ1v) is 9.41. The Morgan fingerprint density at radius 3 is 2.33 bits per heavy atom. The molecule has 7 heteroatoms. The van der Waals surface area contributed by atoms with Crippen molar-refractivity contribution in [2.75, 3.05) is 10.7 Å². The predicted molar refractivity (Wildman–Crippen MR) is 114 cm³/mol. The van der Waals surface area contributed by atoms with Crippen molar-refractivity contribution in [3.05, 3.63) is 83.2 Å². The van der Waals surface area contributed by atoms with E-state index in [0.29, 0.717) is 22.6 Å². The molecule has 1 aromatic heterocycles. The van der Waals surface area contributed by atoms with Gasteiger partial charge in [-0.3, -0.25) is 19.7 Å². The van der Waals surface area contributed by atoms with Crippen molar-refractivity contribution in [2.45, 2.75) is 26.9 Å². The highest BCUT2D eigenvalue weighted by molar-refractivity contribution is 6.00. The summed E-state index contributed by atoms with van der Waals surface area (Å²) < 4.78 is 7.39. The van der Waals surface area contributed by atoms with E-state index in [4.69, 9.17) is 10.00 Å². The molecular formula is C23H22N4O3. The van der Waals surface area contributed by atoms with Crippen LogP contribution in [0.25, 0.3) is 0 Å². The number of carbonyl (C=O) groups excluding carboxylic acids is 2. The molecule has 0 saturated carbocycles. The summed E-state index contributed by atoms with van der Waals surface area (Å²) in [7, 11) is 0. The van der Waals surface area contributed by atoms with Gasteiger partial charge < -0.3 is 10.1 Å². The van der Waals surface area contributed by atoms with E-state index in [1.165, 1.54) is 0 Å². The number of anilines is 1. The van der Waals surface area contributed by atoms with Crippen LogP contribution < -0.4 is 15.5 Å². The van der Waals surface area contributed by atoms with Gasteiger partial charge in [-0.05, 0) is 75.4 Å². The van der Waals surface area contributed by atoms with Gasteiger partial charge in [-0.1, -0.05) is 6.07 Å². The Morgan fingerprint density at radius 2 is 1.70 bits per heavy atom. The lowest BCUT2D eigenvalue weighted by molar-refractivity contribution is -0.122. The van der Waals surface area contributed by atoms with Gasteiger partial charge in [-0.2, -0.15) is 5.26 Å². The molecule has 0 aliphatic rings. The second-order valence-corrected chi connectivity index (χ2v) is 6.86. The molecular weight excluding hydrogens is 380 g/mol. The number of nitriles is 1. The molecule has 0 bridgehead atoms. The van der Waals surface area contributed by atoms with Crippen molar-refractivity contribution in [3.8, 4) is 11.8 Å². The Morgan fingerprint density at radius 1 is 1.03 bits per heavy atom. The number of nitrogens with zero attached hydrogens (tertiary/aromatic N) is 2. The third-order valence-corrected chi connectivity index (χ3v) is 4.54. The normalized spacial score (nSPS) is 11.3. The maximum atomic E-state index is 12.5. The topological polar surface area (TPSA) is 96.2 Å². The maximum absolute atomic E-state index is 12.5. The van der Waals surface area contributed by atoms with E-state index in [9.17, 15) is 9.59 Å². The van der Waals surface area contributed by atoms with Crippen molar-refractivity contribution in [3.63, 3.8) is 0 Å². The van der Waals surface area contributed by atoms with Gasteiger partial charge in [-0.25, -0.2) is 0 Å². The van der Waals surface area contributed by atoms with E-state index >= 15 is 0 Å². The van der Waals surface area contributed by atoms with Crippen molar-refractivity contribution in [1.82, 2.24) is 4.68 Å². The zero-order valence-corrected chi connectivity index (χ0v) is 17.0. The molecule has 0 fully saturated rings. The van der Waals surface area contributed by atoms with E-state index in [0.717, 1.165) is 11.4 Å². The van der Waals surface area contributed by atoms with Crippen LogP contribution in [-0.2, 0) is 4.79 Å². The minimum Gasteiger partial charge on any atom is -0.481 e. The highest BCUT2D eigenvalue weighted by Crippen LogP contribution is 2.16. The molecule has 0 radical (unpaired) electrons. The molecule has 0 spiro atoms. The molecule has 2 aromatic carbocycles. The number of nitrogens with one attached hydrogen (secondary N) is 2. The minimum absolute atomic E-state index is 0.243. The Balaban J connectivity index is 1.60. The molecule has 0 saturated heterocycles. The molecule has 3 aromatic rings. The molecule has 3 rings (SSSR count). The first kappa shape index (κ1) is 20.7. The van der Waals surface area contributed by atoms with Crippen LogP contribution in [0.3, 0.4) is 0 Å².